The van der Waals surface area contributed by atoms with E-state index in [2.05, 4.69) is 217 Å². The molecule has 0 amide bonds. The second-order valence-corrected chi connectivity index (χ2v) is 14.8. The van der Waals surface area contributed by atoms with Gasteiger partial charge in [-0.25, -0.2) is 0 Å². The molecule has 0 spiro atoms. The van der Waals surface area contributed by atoms with E-state index < -0.39 is 0 Å². The summed E-state index contributed by atoms with van der Waals surface area (Å²) in [4.78, 5) is 2.43. The number of hydrogen-bond acceptors (Lipinski definition) is 1. The molecule has 0 atom stereocenters. The van der Waals surface area contributed by atoms with Gasteiger partial charge in [-0.2, -0.15) is 0 Å². The van der Waals surface area contributed by atoms with Gasteiger partial charge in [-0.1, -0.05) is 141 Å². The minimum atomic E-state index is -0.00307. The van der Waals surface area contributed by atoms with E-state index in [0.29, 0.717) is 0 Å². The molecular weight excluding hydrogens is 665 g/mol. The van der Waals surface area contributed by atoms with Gasteiger partial charge in [0.2, 0.25) is 0 Å². The van der Waals surface area contributed by atoms with Crippen LogP contribution in [0.1, 0.15) is 37.8 Å². The zero-order valence-corrected chi connectivity index (χ0v) is 31.3. The highest BCUT2D eigenvalue weighted by molar-refractivity contribution is 6.10. The Balaban J connectivity index is 1.08. The van der Waals surface area contributed by atoms with E-state index in [4.69, 9.17) is 0 Å². The lowest BCUT2D eigenvalue weighted by molar-refractivity contribution is 0.490. The molecule has 1 aliphatic rings. The van der Waals surface area contributed by atoms with Crippen LogP contribution in [0.25, 0.3) is 60.9 Å². The predicted molar refractivity (Wildman–Crippen MR) is 233 cm³/mol. The van der Waals surface area contributed by atoms with E-state index in [-0.39, 0.29) is 5.41 Å². The van der Waals surface area contributed by atoms with Crippen molar-refractivity contribution in [2.45, 2.75) is 32.1 Å². The molecule has 10 rings (SSSR count). The summed E-state index contributed by atoms with van der Waals surface area (Å²) in [5.74, 6) is 0. The molecule has 264 valence electrons. The van der Waals surface area contributed by atoms with Gasteiger partial charge in [0, 0.05) is 38.9 Å². The van der Waals surface area contributed by atoms with E-state index in [1.807, 2.05) is 0 Å². The first-order chi connectivity index (χ1) is 27.2. The van der Waals surface area contributed by atoms with Crippen molar-refractivity contribution in [3.63, 3.8) is 0 Å². The average molecular weight is 707 g/mol. The number of para-hydroxylation sites is 2. The molecule has 0 radical (unpaired) electrons. The average Bonchev–Trinajstić information content (AvgIpc) is 3.74. The summed E-state index contributed by atoms with van der Waals surface area (Å²) in [6.07, 6.45) is 2.12. The third-order valence-corrected chi connectivity index (χ3v) is 12.1. The summed E-state index contributed by atoms with van der Waals surface area (Å²) >= 11 is 0. The molecule has 0 unspecified atom stereocenters. The molecule has 0 saturated carbocycles. The van der Waals surface area contributed by atoms with Crippen LogP contribution in [-0.2, 0) is 5.41 Å². The van der Waals surface area contributed by atoms with Crippen LogP contribution in [0, 0.1) is 0 Å². The molecule has 1 heterocycles. The van der Waals surface area contributed by atoms with Crippen LogP contribution in [0.4, 0.5) is 17.1 Å². The number of nitrogens with zero attached hydrogens (tertiary/aromatic N) is 2. The minimum absolute atomic E-state index is 0.00307. The summed E-state index contributed by atoms with van der Waals surface area (Å²) in [6, 6.07) is 71.3. The minimum Gasteiger partial charge on any atom is -0.310 e. The Hall–Kier alpha value is -6.64. The maximum absolute atomic E-state index is 2.47. The highest BCUT2D eigenvalue weighted by Gasteiger charge is 2.40. The summed E-state index contributed by atoms with van der Waals surface area (Å²) in [5.41, 5.74) is 17.5. The Bertz CT molecular complexity index is 2810. The zero-order valence-electron chi connectivity index (χ0n) is 31.3. The van der Waals surface area contributed by atoms with Gasteiger partial charge in [-0.15, -0.1) is 0 Å². The van der Waals surface area contributed by atoms with Crippen LogP contribution in [0.3, 0.4) is 0 Å². The fourth-order valence-corrected chi connectivity index (χ4v) is 9.29. The van der Waals surface area contributed by atoms with Crippen molar-refractivity contribution < 1.29 is 0 Å². The van der Waals surface area contributed by atoms with Crippen LogP contribution in [0.2, 0.25) is 0 Å². The first-order valence-corrected chi connectivity index (χ1v) is 19.6. The largest absolute Gasteiger partial charge is 0.310 e. The topological polar surface area (TPSA) is 8.17 Å². The number of benzene rings is 8. The van der Waals surface area contributed by atoms with Crippen LogP contribution >= 0.6 is 0 Å². The monoisotopic (exact) mass is 706 g/mol. The van der Waals surface area contributed by atoms with E-state index in [1.54, 1.807) is 0 Å². The molecule has 0 saturated heterocycles. The van der Waals surface area contributed by atoms with Crippen molar-refractivity contribution in [1.82, 2.24) is 4.57 Å². The van der Waals surface area contributed by atoms with Gasteiger partial charge in [0.05, 0.1) is 11.0 Å². The normalized spacial score (nSPS) is 12.8. The molecule has 55 heavy (non-hydrogen) atoms. The van der Waals surface area contributed by atoms with Gasteiger partial charge in [-0.05, 0) is 124 Å². The van der Waals surface area contributed by atoms with E-state index in [0.717, 1.165) is 24.2 Å². The van der Waals surface area contributed by atoms with Crippen molar-refractivity contribution >= 4 is 38.9 Å². The Morgan fingerprint density at radius 1 is 0.400 bits per heavy atom. The highest BCUT2D eigenvalue weighted by atomic mass is 15.1. The Kier molecular flexibility index (Phi) is 7.99. The second kappa shape index (κ2) is 13.3. The first kappa shape index (κ1) is 33.0. The van der Waals surface area contributed by atoms with Gasteiger partial charge in [0.25, 0.3) is 0 Å². The molecule has 2 nitrogen and oxygen atoms in total. The Morgan fingerprint density at radius 3 is 1.64 bits per heavy atom. The molecule has 0 fully saturated rings. The standard InChI is InChI=1S/C53H42N2/c1-3-53(4-2)49-21-13-11-19-45(49)46-33-32-44(36-50(46)53)54(42-28-23-38(24-29-42)37-15-7-5-8-16-37)43-30-25-39(26-31-43)40-27-34-52-48(35-40)47-20-12-14-22-51(47)55(52)41-17-9-6-10-18-41/h5-36H,3-4H2,1-2H3. The van der Waals surface area contributed by atoms with Crippen molar-refractivity contribution in [3.05, 3.63) is 205 Å². The molecule has 0 aliphatic heterocycles. The van der Waals surface area contributed by atoms with Crippen LogP contribution in [0.5, 0.6) is 0 Å². The number of rotatable bonds is 8. The molecule has 1 aliphatic carbocycles. The van der Waals surface area contributed by atoms with E-state index in [9.17, 15) is 0 Å². The SMILES string of the molecule is CCC1(CC)c2ccccc2-c2ccc(N(c3ccc(-c4ccccc4)cc3)c3ccc(-c4ccc5c(c4)c4ccccc4n5-c4ccccc4)cc3)cc21. The third-order valence-electron chi connectivity index (χ3n) is 12.1. The Morgan fingerprint density at radius 2 is 0.927 bits per heavy atom. The molecule has 0 N–H and O–H groups in total. The highest BCUT2D eigenvalue weighted by Crippen LogP contribution is 2.54. The quantitative estimate of drug-likeness (QED) is 0.153. The van der Waals surface area contributed by atoms with Crippen LogP contribution in [-0.4, -0.2) is 4.57 Å². The van der Waals surface area contributed by atoms with Crippen LogP contribution in [0.15, 0.2) is 194 Å². The fourth-order valence-electron chi connectivity index (χ4n) is 9.29. The van der Waals surface area contributed by atoms with E-state index in [1.165, 1.54) is 77.7 Å². The predicted octanol–water partition coefficient (Wildman–Crippen LogP) is 14.7. The lowest BCUT2D eigenvalue weighted by Crippen LogP contribution is -2.23. The summed E-state index contributed by atoms with van der Waals surface area (Å²) in [7, 11) is 0. The second-order valence-electron chi connectivity index (χ2n) is 14.8. The third kappa shape index (κ3) is 5.32. The molecule has 8 aromatic carbocycles. The van der Waals surface area contributed by atoms with Gasteiger partial charge < -0.3 is 9.47 Å². The molecule has 0 bridgehead atoms. The number of aromatic nitrogens is 1. The van der Waals surface area contributed by atoms with Gasteiger partial charge in [-0.3, -0.25) is 0 Å². The zero-order chi connectivity index (χ0) is 36.9. The molecular formula is C53H42N2. The summed E-state index contributed by atoms with van der Waals surface area (Å²) < 4.78 is 2.37. The summed E-state index contributed by atoms with van der Waals surface area (Å²) in [5, 5.41) is 2.52. The van der Waals surface area contributed by atoms with Crippen molar-refractivity contribution in [1.29, 1.82) is 0 Å². The van der Waals surface area contributed by atoms with Crippen LogP contribution < -0.4 is 4.90 Å². The van der Waals surface area contributed by atoms with Crippen molar-refractivity contribution in [2.75, 3.05) is 4.90 Å². The maximum atomic E-state index is 2.47. The lowest BCUT2D eigenvalue weighted by atomic mass is 9.74. The molecule has 9 aromatic rings. The first-order valence-electron chi connectivity index (χ1n) is 19.6. The van der Waals surface area contributed by atoms with Crippen molar-refractivity contribution in [2.24, 2.45) is 0 Å². The van der Waals surface area contributed by atoms with E-state index >= 15 is 0 Å². The van der Waals surface area contributed by atoms with Crippen molar-refractivity contribution in [3.8, 4) is 39.1 Å². The van der Waals surface area contributed by atoms with Gasteiger partial charge in [0.1, 0.15) is 0 Å². The smallest absolute Gasteiger partial charge is 0.0541 e. The number of hydrogen-bond donors (Lipinski definition) is 0. The Labute approximate surface area is 323 Å². The fraction of sp³-hybridized carbons (Fsp3) is 0.0943. The lowest BCUT2D eigenvalue weighted by Gasteiger charge is -2.31. The van der Waals surface area contributed by atoms with Gasteiger partial charge >= 0.3 is 0 Å². The number of fused-ring (bicyclic) bond motifs is 6. The summed E-state index contributed by atoms with van der Waals surface area (Å²) in [6.45, 7) is 4.69. The molecule has 2 heteroatoms. The van der Waals surface area contributed by atoms with Gasteiger partial charge in [0.15, 0.2) is 0 Å². The number of anilines is 3. The molecule has 1 aromatic heterocycles. The maximum Gasteiger partial charge on any atom is 0.0541 e.